The third-order valence-corrected chi connectivity index (χ3v) is 5.19. The van der Waals surface area contributed by atoms with Gasteiger partial charge in [0.1, 0.15) is 0 Å². The molecule has 110 valence electrons. The standard InChI is InChI=1S/C18H28N2/c1-2-15-6-3-4-7-17(15)14-20-12-9-16(10-13-20)18-8-5-11-19-18/h3-4,6-7,16,18-19H,2,5,8-14H2,1H3. The fraction of sp³-hybridized carbons (Fsp3) is 0.667. The van der Waals surface area contributed by atoms with Crippen molar-refractivity contribution >= 4 is 0 Å². The van der Waals surface area contributed by atoms with E-state index in [4.69, 9.17) is 0 Å². The summed E-state index contributed by atoms with van der Waals surface area (Å²) in [5, 5.41) is 3.69. The van der Waals surface area contributed by atoms with Crippen molar-refractivity contribution in [3.63, 3.8) is 0 Å². The largest absolute Gasteiger partial charge is 0.314 e. The Bertz CT molecular complexity index is 415. The second-order valence-corrected chi connectivity index (χ2v) is 6.44. The fourth-order valence-electron chi connectivity index (χ4n) is 3.92. The first-order valence-electron chi connectivity index (χ1n) is 8.39. The average Bonchev–Trinajstić information content (AvgIpc) is 3.03. The molecule has 0 aliphatic carbocycles. The Morgan fingerprint density at radius 1 is 1.10 bits per heavy atom. The quantitative estimate of drug-likeness (QED) is 0.905. The molecule has 0 radical (unpaired) electrons. The second-order valence-electron chi connectivity index (χ2n) is 6.44. The van der Waals surface area contributed by atoms with Gasteiger partial charge in [-0.1, -0.05) is 31.2 Å². The first kappa shape index (κ1) is 14.1. The normalized spacial score (nSPS) is 25.1. The maximum Gasteiger partial charge on any atom is 0.0236 e. The average molecular weight is 272 g/mol. The minimum Gasteiger partial charge on any atom is -0.314 e. The third-order valence-electron chi connectivity index (χ3n) is 5.19. The Labute approximate surface area is 123 Å². The summed E-state index contributed by atoms with van der Waals surface area (Å²) < 4.78 is 0. The van der Waals surface area contributed by atoms with Crippen LogP contribution in [0.25, 0.3) is 0 Å². The van der Waals surface area contributed by atoms with Crippen LogP contribution in [0.3, 0.4) is 0 Å². The van der Waals surface area contributed by atoms with E-state index in [9.17, 15) is 0 Å². The maximum absolute atomic E-state index is 3.69. The number of aryl methyl sites for hydroxylation is 1. The van der Waals surface area contributed by atoms with Gasteiger partial charge in [0, 0.05) is 12.6 Å². The SMILES string of the molecule is CCc1ccccc1CN1CCC(C2CCCN2)CC1. The van der Waals surface area contributed by atoms with Gasteiger partial charge in [0.15, 0.2) is 0 Å². The first-order valence-corrected chi connectivity index (χ1v) is 8.39. The minimum atomic E-state index is 0.820. The Morgan fingerprint density at radius 2 is 1.85 bits per heavy atom. The van der Waals surface area contributed by atoms with E-state index in [1.807, 2.05) is 0 Å². The lowest BCUT2D eigenvalue weighted by Gasteiger charge is -2.35. The van der Waals surface area contributed by atoms with Crippen LogP contribution in [-0.4, -0.2) is 30.6 Å². The van der Waals surface area contributed by atoms with E-state index in [0.29, 0.717) is 0 Å². The Kier molecular flexibility index (Phi) is 4.74. The van der Waals surface area contributed by atoms with Crippen LogP contribution in [0.2, 0.25) is 0 Å². The zero-order chi connectivity index (χ0) is 13.8. The molecule has 2 saturated heterocycles. The molecule has 3 rings (SSSR count). The van der Waals surface area contributed by atoms with Gasteiger partial charge >= 0.3 is 0 Å². The smallest absolute Gasteiger partial charge is 0.0236 e. The summed E-state index contributed by atoms with van der Waals surface area (Å²) in [7, 11) is 0. The molecule has 0 bridgehead atoms. The number of piperidine rings is 1. The highest BCUT2D eigenvalue weighted by Crippen LogP contribution is 2.26. The number of hydrogen-bond donors (Lipinski definition) is 1. The van der Waals surface area contributed by atoms with E-state index in [1.165, 1.54) is 56.4 Å². The van der Waals surface area contributed by atoms with Crippen molar-refractivity contribution in [2.45, 2.75) is 51.6 Å². The highest BCUT2D eigenvalue weighted by Gasteiger charge is 2.28. The van der Waals surface area contributed by atoms with Crippen LogP contribution in [0.4, 0.5) is 0 Å². The van der Waals surface area contributed by atoms with Crippen LogP contribution in [0.5, 0.6) is 0 Å². The van der Waals surface area contributed by atoms with Crippen LogP contribution in [0, 0.1) is 5.92 Å². The van der Waals surface area contributed by atoms with Crippen molar-refractivity contribution in [3.8, 4) is 0 Å². The molecule has 1 N–H and O–H groups in total. The highest BCUT2D eigenvalue weighted by molar-refractivity contribution is 5.26. The lowest BCUT2D eigenvalue weighted by Crippen LogP contribution is -2.40. The number of nitrogens with zero attached hydrogens (tertiary/aromatic N) is 1. The number of hydrogen-bond acceptors (Lipinski definition) is 2. The molecule has 1 aromatic carbocycles. The van der Waals surface area contributed by atoms with Crippen LogP contribution in [0.15, 0.2) is 24.3 Å². The highest BCUT2D eigenvalue weighted by atomic mass is 15.1. The summed E-state index contributed by atoms with van der Waals surface area (Å²) in [5.74, 6) is 0.926. The number of likely N-dealkylation sites (tertiary alicyclic amines) is 1. The number of nitrogens with one attached hydrogen (secondary N) is 1. The van der Waals surface area contributed by atoms with Gasteiger partial charge in [-0.15, -0.1) is 0 Å². The molecule has 2 heterocycles. The molecular weight excluding hydrogens is 244 g/mol. The van der Waals surface area contributed by atoms with Crippen LogP contribution >= 0.6 is 0 Å². The number of benzene rings is 1. The Hall–Kier alpha value is -0.860. The van der Waals surface area contributed by atoms with E-state index in [0.717, 1.165) is 24.9 Å². The Morgan fingerprint density at radius 3 is 2.50 bits per heavy atom. The third kappa shape index (κ3) is 3.24. The van der Waals surface area contributed by atoms with Crippen LogP contribution in [0.1, 0.15) is 43.7 Å². The van der Waals surface area contributed by atoms with E-state index in [-0.39, 0.29) is 0 Å². The van der Waals surface area contributed by atoms with Gasteiger partial charge in [0.25, 0.3) is 0 Å². The monoisotopic (exact) mass is 272 g/mol. The number of rotatable bonds is 4. The van der Waals surface area contributed by atoms with Crippen LogP contribution < -0.4 is 5.32 Å². The molecular formula is C18H28N2. The minimum absolute atomic E-state index is 0.820. The van der Waals surface area contributed by atoms with Crippen molar-refractivity contribution in [1.29, 1.82) is 0 Å². The van der Waals surface area contributed by atoms with E-state index in [2.05, 4.69) is 41.4 Å². The van der Waals surface area contributed by atoms with Gasteiger partial charge in [0.05, 0.1) is 0 Å². The van der Waals surface area contributed by atoms with Gasteiger partial charge in [-0.2, -0.15) is 0 Å². The van der Waals surface area contributed by atoms with E-state index < -0.39 is 0 Å². The Balaban J connectivity index is 1.53. The molecule has 2 aliphatic rings. The molecule has 2 fully saturated rings. The van der Waals surface area contributed by atoms with Crippen molar-refractivity contribution in [2.24, 2.45) is 5.92 Å². The molecule has 0 spiro atoms. The molecule has 2 heteroatoms. The van der Waals surface area contributed by atoms with Gasteiger partial charge in [-0.3, -0.25) is 4.90 Å². The van der Waals surface area contributed by atoms with Crippen LogP contribution in [-0.2, 0) is 13.0 Å². The summed E-state index contributed by atoms with van der Waals surface area (Å²) >= 11 is 0. The molecule has 2 aliphatic heterocycles. The van der Waals surface area contributed by atoms with Crippen molar-refractivity contribution in [2.75, 3.05) is 19.6 Å². The predicted octanol–water partition coefficient (Wildman–Crippen LogP) is 3.21. The lowest BCUT2D eigenvalue weighted by molar-refractivity contribution is 0.157. The van der Waals surface area contributed by atoms with Gasteiger partial charge in [-0.05, 0) is 68.8 Å². The summed E-state index contributed by atoms with van der Waals surface area (Å²) in [6.07, 6.45) is 6.70. The predicted molar refractivity (Wildman–Crippen MR) is 84.8 cm³/mol. The zero-order valence-electron chi connectivity index (χ0n) is 12.8. The van der Waals surface area contributed by atoms with Crippen molar-refractivity contribution in [3.05, 3.63) is 35.4 Å². The molecule has 0 amide bonds. The van der Waals surface area contributed by atoms with Gasteiger partial charge in [0.2, 0.25) is 0 Å². The topological polar surface area (TPSA) is 15.3 Å². The van der Waals surface area contributed by atoms with Crippen molar-refractivity contribution < 1.29 is 0 Å². The first-order chi connectivity index (χ1) is 9.86. The zero-order valence-corrected chi connectivity index (χ0v) is 12.8. The van der Waals surface area contributed by atoms with Crippen molar-refractivity contribution in [1.82, 2.24) is 10.2 Å². The maximum atomic E-state index is 3.69. The molecule has 1 unspecified atom stereocenters. The molecule has 0 saturated carbocycles. The summed E-state index contributed by atoms with van der Waals surface area (Å²) in [4.78, 5) is 2.65. The van der Waals surface area contributed by atoms with Gasteiger partial charge in [-0.25, -0.2) is 0 Å². The molecule has 1 atom stereocenters. The summed E-state index contributed by atoms with van der Waals surface area (Å²) in [6.45, 7) is 7.21. The molecule has 0 aromatic heterocycles. The molecule has 1 aromatic rings. The van der Waals surface area contributed by atoms with E-state index in [1.54, 1.807) is 0 Å². The molecule has 2 nitrogen and oxygen atoms in total. The fourth-order valence-corrected chi connectivity index (χ4v) is 3.92. The molecule has 20 heavy (non-hydrogen) atoms. The summed E-state index contributed by atoms with van der Waals surface area (Å²) in [6, 6.07) is 9.76. The second kappa shape index (κ2) is 6.73. The van der Waals surface area contributed by atoms with Gasteiger partial charge < -0.3 is 5.32 Å². The lowest BCUT2D eigenvalue weighted by atomic mass is 9.88. The van der Waals surface area contributed by atoms with E-state index >= 15 is 0 Å². The summed E-state index contributed by atoms with van der Waals surface area (Å²) in [5.41, 5.74) is 3.06.